The predicted molar refractivity (Wildman–Crippen MR) is 82.8 cm³/mol. The molecule has 0 spiro atoms. The van der Waals surface area contributed by atoms with Crippen molar-refractivity contribution in [2.24, 2.45) is 7.05 Å². The van der Waals surface area contributed by atoms with Crippen molar-refractivity contribution >= 4 is 12.4 Å². The molecule has 26 heavy (non-hydrogen) atoms. The molecule has 0 radical (unpaired) electrons. The molecule has 0 saturated carbocycles. The molecule has 1 aromatic carbocycles. The van der Waals surface area contributed by atoms with Crippen LogP contribution >= 0.6 is 0 Å². The summed E-state index contributed by atoms with van der Waals surface area (Å²) in [6, 6.07) is 3.80. The number of tetrazole rings is 1. The molecule has 9 nitrogen and oxygen atoms in total. The average molecular weight is 369 g/mol. The third-order valence-corrected chi connectivity index (χ3v) is 3.60. The van der Waals surface area contributed by atoms with Crippen LogP contribution in [0.4, 0.5) is 8.78 Å². The molecule has 3 rings (SSSR count). The molecule has 2 aromatic rings. The zero-order valence-electron chi connectivity index (χ0n) is 13.9. The van der Waals surface area contributed by atoms with Crippen molar-refractivity contribution in [1.29, 1.82) is 0 Å². The smallest absolute Gasteiger partial charge is 0.290 e. The number of amides is 1. The number of ether oxygens (including phenoxy) is 1. The van der Waals surface area contributed by atoms with Crippen LogP contribution in [0.2, 0.25) is 0 Å². The lowest BCUT2D eigenvalue weighted by atomic mass is 10.1. The Morgan fingerprint density at radius 1 is 1.46 bits per heavy atom. The summed E-state index contributed by atoms with van der Waals surface area (Å²) in [6.07, 6.45) is -0.678. The maximum Gasteiger partial charge on any atom is 0.290 e. The first-order valence-corrected chi connectivity index (χ1v) is 7.60. The minimum absolute atomic E-state index is 0.0377. The summed E-state index contributed by atoms with van der Waals surface area (Å²) in [4.78, 5) is 23.5. The summed E-state index contributed by atoms with van der Waals surface area (Å²) in [6.45, 7) is 0.703. The molecule has 0 bridgehead atoms. The van der Waals surface area contributed by atoms with Crippen LogP contribution in [-0.4, -0.2) is 62.3 Å². The van der Waals surface area contributed by atoms with E-state index in [1.165, 1.54) is 21.8 Å². The number of carbonyl (C=O) groups is 2. The highest BCUT2D eigenvalue weighted by atomic mass is 19.2. The van der Waals surface area contributed by atoms with Gasteiger partial charge in [-0.25, -0.2) is 8.78 Å². The zero-order valence-corrected chi connectivity index (χ0v) is 13.9. The van der Waals surface area contributed by atoms with Gasteiger partial charge in [0.25, 0.3) is 6.47 Å². The normalized spacial score (nSPS) is 16.6. The van der Waals surface area contributed by atoms with Gasteiger partial charge in [-0.2, -0.15) is 4.80 Å². The fraction of sp³-hybridized carbons (Fsp3) is 0.400. The van der Waals surface area contributed by atoms with Gasteiger partial charge in [-0.15, -0.1) is 10.2 Å². The van der Waals surface area contributed by atoms with Gasteiger partial charge in [-0.1, -0.05) is 12.1 Å². The average Bonchev–Trinajstić information content (AvgIpc) is 3.06. The van der Waals surface area contributed by atoms with Crippen LogP contribution in [0.15, 0.2) is 18.2 Å². The summed E-state index contributed by atoms with van der Waals surface area (Å²) >= 11 is 0. The molecule has 0 aliphatic carbocycles. The third-order valence-electron chi connectivity index (χ3n) is 3.60. The number of nitrogens with zero attached hydrogens (tertiary/aromatic N) is 5. The number of morpholine rings is 1. The fourth-order valence-corrected chi connectivity index (χ4v) is 2.42. The van der Waals surface area contributed by atoms with Crippen molar-refractivity contribution in [3.05, 3.63) is 41.2 Å². The first kappa shape index (κ1) is 19.4. The molecule has 1 aliphatic rings. The van der Waals surface area contributed by atoms with Crippen LogP contribution in [0.5, 0.6) is 0 Å². The summed E-state index contributed by atoms with van der Waals surface area (Å²) in [5.41, 5.74) is 0.0377. The van der Waals surface area contributed by atoms with Crippen molar-refractivity contribution < 1.29 is 28.2 Å². The van der Waals surface area contributed by atoms with Crippen molar-refractivity contribution in [2.45, 2.75) is 12.5 Å². The topological polar surface area (TPSA) is 110 Å². The van der Waals surface area contributed by atoms with Gasteiger partial charge in [0.2, 0.25) is 11.7 Å². The molecule has 1 aliphatic heterocycles. The Bertz CT molecular complexity index is 770. The Balaban J connectivity index is 0.000000758. The van der Waals surface area contributed by atoms with Gasteiger partial charge in [-0.3, -0.25) is 9.59 Å². The standard InChI is InChI=1S/C14H15F2N5O2.CH2O2/c1-20-18-14(17-19-20)11-8-21(5-6-23-11)12(22)7-9-3-2-4-10(15)13(9)16;2-1-3/h2-4,11H,5-8H2,1H3;1H,(H,2,3). The van der Waals surface area contributed by atoms with E-state index in [-0.39, 0.29) is 30.9 Å². The lowest BCUT2D eigenvalue weighted by Crippen LogP contribution is -2.43. The molecule has 11 heteroatoms. The first-order chi connectivity index (χ1) is 12.5. The summed E-state index contributed by atoms with van der Waals surface area (Å²) in [5.74, 6) is -1.85. The number of hydrogen-bond donors (Lipinski definition) is 1. The minimum atomic E-state index is -0.985. The van der Waals surface area contributed by atoms with Crippen LogP contribution in [0.25, 0.3) is 0 Å². The molecule has 2 heterocycles. The van der Waals surface area contributed by atoms with Crippen LogP contribution in [-0.2, 0) is 27.8 Å². The molecular weight excluding hydrogens is 352 g/mol. The van der Waals surface area contributed by atoms with Gasteiger partial charge in [-0.05, 0) is 11.3 Å². The quantitative estimate of drug-likeness (QED) is 0.777. The first-order valence-electron chi connectivity index (χ1n) is 7.60. The molecule has 140 valence electrons. The number of carboxylic acid groups (broad SMARTS) is 1. The van der Waals surface area contributed by atoms with E-state index in [2.05, 4.69) is 15.4 Å². The Labute approximate surface area is 147 Å². The molecule has 1 saturated heterocycles. The molecule has 1 aromatic heterocycles. The van der Waals surface area contributed by atoms with Gasteiger partial charge in [0, 0.05) is 12.1 Å². The van der Waals surface area contributed by atoms with E-state index in [0.29, 0.717) is 19.0 Å². The second-order valence-electron chi connectivity index (χ2n) is 5.33. The molecule has 1 fully saturated rings. The monoisotopic (exact) mass is 369 g/mol. The van der Waals surface area contributed by atoms with E-state index in [1.807, 2.05) is 0 Å². The largest absolute Gasteiger partial charge is 0.483 e. The molecule has 1 amide bonds. The van der Waals surface area contributed by atoms with Crippen LogP contribution in [0.3, 0.4) is 0 Å². The second-order valence-corrected chi connectivity index (χ2v) is 5.33. The maximum atomic E-state index is 13.7. The highest BCUT2D eigenvalue weighted by molar-refractivity contribution is 5.79. The van der Waals surface area contributed by atoms with E-state index in [0.717, 1.165) is 6.07 Å². The van der Waals surface area contributed by atoms with Crippen molar-refractivity contribution in [3.8, 4) is 0 Å². The third kappa shape index (κ3) is 4.79. The van der Waals surface area contributed by atoms with Crippen LogP contribution in [0, 0.1) is 11.6 Å². The lowest BCUT2D eigenvalue weighted by molar-refractivity contribution is -0.138. The van der Waals surface area contributed by atoms with Gasteiger partial charge in [0.05, 0.1) is 26.6 Å². The molecule has 1 unspecified atom stereocenters. The Morgan fingerprint density at radius 3 is 2.85 bits per heavy atom. The van der Waals surface area contributed by atoms with Gasteiger partial charge in [0.15, 0.2) is 11.6 Å². The SMILES string of the molecule is Cn1nnc(C2CN(C(=O)Cc3cccc(F)c3F)CCO2)n1.O=CO. The van der Waals surface area contributed by atoms with Crippen molar-refractivity contribution in [2.75, 3.05) is 19.7 Å². The van der Waals surface area contributed by atoms with E-state index in [1.54, 1.807) is 7.05 Å². The Kier molecular flexibility index (Phi) is 6.67. The van der Waals surface area contributed by atoms with E-state index in [4.69, 9.17) is 14.6 Å². The summed E-state index contributed by atoms with van der Waals surface area (Å²) in [5, 5.41) is 18.6. The van der Waals surface area contributed by atoms with Crippen molar-refractivity contribution in [1.82, 2.24) is 25.1 Å². The highest BCUT2D eigenvalue weighted by Crippen LogP contribution is 2.20. The molecule has 1 atom stereocenters. The van der Waals surface area contributed by atoms with Crippen LogP contribution in [0.1, 0.15) is 17.5 Å². The number of rotatable bonds is 3. The highest BCUT2D eigenvalue weighted by Gasteiger charge is 2.28. The predicted octanol–water partition coefficient (Wildman–Crippen LogP) is 0.332. The fourth-order valence-electron chi connectivity index (χ4n) is 2.42. The lowest BCUT2D eigenvalue weighted by Gasteiger charge is -2.31. The van der Waals surface area contributed by atoms with Gasteiger partial charge < -0.3 is 14.7 Å². The van der Waals surface area contributed by atoms with Gasteiger partial charge >= 0.3 is 0 Å². The van der Waals surface area contributed by atoms with Crippen LogP contribution < -0.4 is 0 Å². The summed E-state index contributed by atoms with van der Waals surface area (Å²) in [7, 11) is 1.63. The van der Waals surface area contributed by atoms with E-state index >= 15 is 0 Å². The van der Waals surface area contributed by atoms with Crippen molar-refractivity contribution in [3.63, 3.8) is 0 Å². The number of halogens is 2. The minimum Gasteiger partial charge on any atom is -0.483 e. The van der Waals surface area contributed by atoms with E-state index in [9.17, 15) is 13.6 Å². The molecule has 1 N–H and O–H groups in total. The second kappa shape index (κ2) is 8.94. The number of aryl methyl sites for hydroxylation is 1. The summed E-state index contributed by atoms with van der Waals surface area (Å²) < 4.78 is 32.4. The number of hydrogen-bond acceptors (Lipinski definition) is 6. The number of aromatic nitrogens is 4. The Morgan fingerprint density at radius 2 is 2.19 bits per heavy atom. The zero-order chi connectivity index (χ0) is 19.1. The number of benzene rings is 1. The van der Waals surface area contributed by atoms with E-state index < -0.39 is 17.7 Å². The Hall–Kier alpha value is -2.95. The number of carbonyl (C=O) groups excluding carboxylic acids is 1. The maximum absolute atomic E-state index is 13.7. The van der Waals surface area contributed by atoms with Gasteiger partial charge in [0.1, 0.15) is 6.10 Å². The molecular formula is C15H17F2N5O4.